The van der Waals surface area contributed by atoms with E-state index in [0.29, 0.717) is 16.9 Å². The number of carbonyl (C=O) groups excluding carboxylic acids is 1. The number of phenols is 2. The van der Waals surface area contributed by atoms with Crippen LogP contribution in [0.5, 0.6) is 23.0 Å². The van der Waals surface area contributed by atoms with Gasteiger partial charge in [0, 0.05) is 23.6 Å². The summed E-state index contributed by atoms with van der Waals surface area (Å²) in [6.07, 6.45) is 0.0454. The minimum atomic E-state index is -0.186. The third kappa shape index (κ3) is 3.25. The van der Waals surface area contributed by atoms with Crippen molar-refractivity contribution in [3.05, 3.63) is 47.5 Å². The molecule has 5 nitrogen and oxygen atoms in total. The summed E-state index contributed by atoms with van der Waals surface area (Å²) in [5, 5.41) is 19.4. The number of hydrogen-bond donors (Lipinski definition) is 2. The van der Waals surface area contributed by atoms with Gasteiger partial charge in [0.1, 0.15) is 11.5 Å². The quantitative estimate of drug-likeness (QED) is 0.827. The Morgan fingerprint density at radius 3 is 2.38 bits per heavy atom. The Morgan fingerprint density at radius 2 is 1.76 bits per heavy atom. The van der Waals surface area contributed by atoms with Gasteiger partial charge in [-0.3, -0.25) is 4.79 Å². The molecule has 2 rings (SSSR count). The maximum Gasteiger partial charge on any atom is 0.167 e. The van der Waals surface area contributed by atoms with Crippen molar-refractivity contribution in [2.45, 2.75) is 6.42 Å². The highest BCUT2D eigenvalue weighted by molar-refractivity contribution is 5.98. The van der Waals surface area contributed by atoms with Gasteiger partial charge in [-0.05, 0) is 24.3 Å². The standard InChI is InChI=1S/C16H16O5/c1-20-12-5-3-10(15(19)9-12)7-14(18)11-4-6-13(17)16(8-11)21-2/h3-6,8-9,17,19H,7H2,1-2H3. The van der Waals surface area contributed by atoms with Gasteiger partial charge in [-0.25, -0.2) is 0 Å². The van der Waals surface area contributed by atoms with Crippen molar-refractivity contribution in [3.8, 4) is 23.0 Å². The van der Waals surface area contributed by atoms with Gasteiger partial charge >= 0.3 is 0 Å². The molecular weight excluding hydrogens is 272 g/mol. The summed E-state index contributed by atoms with van der Waals surface area (Å²) < 4.78 is 9.97. The summed E-state index contributed by atoms with van der Waals surface area (Å²) in [5.74, 6) is 0.554. The van der Waals surface area contributed by atoms with E-state index in [-0.39, 0.29) is 29.5 Å². The second-order valence-corrected chi connectivity index (χ2v) is 4.48. The molecule has 0 aliphatic heterocycles. The van der Waals surface area contributed by atoms with E-state index < -0.39 is 0 Å². The smallest absolute Gasteiger partial charge is 0.167 e. The van der Waals surface area contributed by atoms with Gasteiger partial charge in [-0.2, -0.15) is 0 Å². The first kappa shape index (κ1) is 14.7. The van der Waals surface area contributed by atoms with Crippen molar-refractivity contribution in [1.29, 1.82) is 0 Å². The van der Waals surface area contributed by atoms with E-state index in [1.807, 2.05) is 0 Å². The molecule has 0 spiro atoms. The van der Waals surface area contributed by atoms with Crippen LogP contribution in [-0.2, 0) is 6.42 Å². The lowest BCUT2D eigenvalue weighted by molar-refractivity contribution is 0.0991. The second kappa shape index (κ2) is 6.17. The van der Waals surface area contributed by atoms with E-state index >= 15 is 0 Å². The first-order valence-electron chi connectivity index (χ1n) is 6.31. The van der Waals surface area contributed by atoms with E-state index in [1.54, 1.807) is 12.1 Å². The molecule has 0 saturated carbocycles. The molecule has 0 aliphatic carbocycles. The van der Waals surface area contributed by atoms with Crippen LogP contribution in [0.25, 0.3) is 0 Å². The van der Waals surface area contributed by atoms with Crippen LogP contribution in [0.1, 0.15) is 15.9 Å². The minimum Gasteiger partial charge on any atom is -0.508 e. The maximum absolute atomic E-state index is 12.2. The van der Waals surface area contributed by atoms with Crippen LogP contribution < -0.4 is 9.47 Å². The third-order valence-corrected chi connectivity index (χ3v) is 3.15. The number of rotatable bonds is 5. The molecule has 0 atom stereocenters. The summed E-state index contributed by atoms with van der Waals surface area (Å²) in [5.41, 5.74) is 0.910. The highest BCUT2D eigenvalue weighted by Gasteiger charge is 2.13. The number of aromatic hydroxyl groups is 2. The molecule has 0 amide bonds. The Kier molecular flexibility index (Phi) is 4.33. The largest absolute Gasteiger partial charge is 0.508 e. The molecular formula is C16H16O5. The predicted octanol–water partition coefficient (Wildman–Crippen LogP) is 2.54. The Bertz CT molecular complexity index is 664. The number of ether oxygens (including phenoxy) is 2. The number of hydrogen-bond acceptors (Lipinski definition) is 5. The molecule has 0 bridgehead atoms. The van der Waals surface area contributed by atoms with Crippen LogP contribution in [0.4, 0.5) is 0 Å². The van der Waals surface area contributed by atoms with Gasteiger partial charge in [0.15, 0.2) is 17.3 Å². The SMILES string of the molecule is COc1ccc(CC(=O)c2ccc(O)c(OC)c2)c(O)c1. The molecule has 0 fully saturated rings. The fourth-order valence-electron chi connectivity index (χ4n) is 1.95. The fourth-order valence-corrected chi connectivity index (χ4v) is 1.95. The summed E-state index contributed by atoms with van der Waals surface area (Å²) in [6.45, 7) is 0. The Morgan fingerprint density at radius 1 is 1.00 bits per heavy atom. The zero-order valence-electron chi connectivity index (χ0n) is 11.8. The molecule has 0 aromatic heterocycles. The lowest BCUT2D eigenvalue weighted by atomic mass is 10.0. The van der Waals surface area contributed by atoms with Crippen molar-refractivity contribution in [3.63, 3.8) is 0 Å². The van der Waals surface area contributed by atoms with Crippen LogP contribution in [-0.4, -0.2) is 30.2 Å². The third-order valence-electron chi connectivity index (χ3n) is 3.15. The molecule has 0 unspecified atom stereocenters. The number of methoxy groups -OCH3 is 2. The van der Waals surface area contributed by atoms with Crippen LogP contribution in [0, 0.1) is 0 Å². The zero-order chi connectivity index (χ0) is 15.4. The Hall–Kier alpha value is -2.69. The fraction of sp³-hybridized carbons (Fsp3) is 0.188. The molecule has 0 heterocycles. The number of carbonyl (C=O) groups is 1. The summed E-state index contributed by atoms with van der Waals surface area (Å²) in [6, 6.07) is 9.17. The normalized spacial score (nSPS) is 10.2. The number of ketones is 1. The number of Topliss-reactive ketones (excluding diaryl/α,β-unsaturated/α-hetero) is 1. The number of phenolic OH excluding ortho intramolecular Hbond substituents is 2. The molecule has 2 aromatic rings. The molecule has 0 saturated heterocycles. The van der Waals surface area contributed by atoms with Crippen molar-refractivity contribution in [1.82, 2.24) is 0 Å². The summed E-state index contributed by atoms with van der Waals surface area (Å²) in [4.78, 5) is 12.2. The lowest BCUT2D eigenvalue weighted by Crippen LogP contribution is -2.04. The van der Waals surface area contributed by atoms with E-state index in [0.717, 1.165) is 0 Å². The Balaban J connectivity index is 2.22. The monoisotopic (exact) mass is 288 g/mol. The van der Waals surface area contributed by atoms with Gasteiger partial charge < -0.3 is 19.7 Å². The predicted molar refractivity (Wildman–Crippen MR) is 77.4 cm³/mol. The van der Waals surface area contributed by atoms with Crippen LogP contribution in [0.2, 0.25) is 0 Å². The molecule has 2 aromatic carbocycles. The van der Waals surface area contributed by atoms with E-state index in [9.17, 15) is 15.0 Å². The lowest BCUT2D eigenvalue weighted by Gasteiger charge is -2.08. The van der Waals surface area contributed by atoms with Gasteiger partial charge in [0.2, 0.25) is 0 Å². The highest BCUT2D eigenvalue weighted by atomic mass is 16.5. The van der Waals surface area contributed by atoms with Crippen LogP contribution >= 0.6 is 0 Å². The molecule has 5 heteroatoms. The zero-order valence-corrected chi connectivity index (χ0v) is 11.8. The molecule has 21 heavy (non-hydrogen) atoms. The highest BCUT2D eigenvalue weighted by Crippen LogP contribution is 2.28. The minimum absolute atomic E-state index is 0.00782. The molecule has 0 radical (unpaired) electrons. The first-order chi connectivity index (χ1) is 10.0. The van der Waals surface area contributed by atoms with Crippen LogP contribution in [0.3, 0.4) is 0 Å². The van der Waals surface area contributed by atoms with Crippen molar-refractivity contribution >= 4 is 5.78 Å². The van der Waals surface area contributed by atoms with Crippen LogP contribution in [0.15, 0.2) is 36.4 Å². The van der Waals surface area contributed by atoms with E-state index in [1.165, 1.54) is 38.5 Å². The van der Waals surface area contributed by atoms with Gasteiger partial charge in [0.05, 0.1) is 14.2 Å². The van der Waals surface area contributed by atoms with Gasteiger partial charge in [-0.1, -0.05) is 6.07 Å². The van der Waals surface area contributed by atoms with Crippen molar-refractivity contribution in [2.75, 3.05) is 14.2 Å². The second-order valence-electron chi connectivity index (χ2n) is 4.48. The van der Waals surface area contributed by atoms with Gasteiger partial charge in [-0.15, -0.1) is 0 Å². The first-order valence-corrected chi connectivity index (χ1v) is 6.31. The van der Waals surface area contributed by atoms with Crippen molar-refractivity contribution < 1.29 is 24.5 Å². The van der Waals surface area contributed by atoms with Gasteiger partial charge in [0.25, 0.3) is 0 Å². The topological polar surface area (TPSA) is 76.0 Å². The average molecular weight is 288 g/mol. The average Bonchev–Trinajstić information content (AvgIpc) is 2.49. The Labute approximate surface area is 122 Å². The summed E-state index contributed by atoms with van der Waals surface area (Å²) >= 11 is 0. The molecule has 110 valence electrons. The van der Waals surface area contributed by atoms with E-state index in [2.05, 4.69) is 0 Å². The molecule has 0 aliphatic rings. The van der Waals surface area contributed by atoms with Crippen molar-refractivity contribution in [2.24, 2.45) is 0 Å². The van der Waals surface area contributed by atoms with E-state index in [4.69, 9.17) is 9.47 Å². The maximum atomic E-state index is 12.2. The number of benzene rings is 2. The summed E-state index contributed by atoms with van der Waals surface area (Å²) in [7, 11) is 2.92. The molecule has 2 N–H and O–H groups in total.